The second kappa shape index (κ2) is 5.86. The van der Waals surface area contributed by atoms with Crippen LogP contribution in [0.4, 0.5) is 0 Å². The average Bonchev–Trinajstić information content (AvgIpc) is 2.93. The molecule has 0 radical (unpaired) electrons. The molecule has 0 saturated heterocycles. The van der Waals surface area contributed by atoms with Crippen molar-refractivity contribution in [1.82, 2.24) is 0 Å². The molecule has 0 aliphatic carbocycles. The van der Waals surface area contributed by atoms with Crippen LogP contribution in [0.25, 0.3) is 0 Å². The maximum Gasteiger partial charge on any atom is 0.332 e. The van der Waals surface area contributed by atoms with Crippen LogP contribution in [-0.2, 0) is 9.63 Å². The highest BCUT2D eigenvalue weighted by Gasteiger charge is 2.11. The minimum atomic E-state index is -0.488. The van der Waals surface area contributed by atoms with Gasteiger partial charge in [0.15, 0.2) is 11.5 Å². The summed E-state index contributed by atoms with van der Waals surface area (Å²) in [6.45, 7) is 1.29. The Morgan fingerprint density at radius 2 is 1.95 bits per heavy atom. The Morgan fingerprint density at radius 1 is 1.21 bits per heavy atom. The molecule has 1 aromatic heterocycles. The highest BCUT2D eigenvalue weighted by Crippen LogP contribution is 2.16. The third-order valence-corrected chi connectivity index (χ3v) is 2.38. The highest BCUT2D eigenvalue weighted by molar-refractivity contribution is 6.11. The Morgan fingerprint density at radius 3 is 2.47 bits per heavy atom. The van der Waals surface area contributed by atoms with E-state index in [1.807, 2.05) is 12.1 Å². The Bertz CT molecular complexity index is 570. The molecule has 0 aliphatic rings. The van der Waals surface area contributed by atoms with E-state index in [9.17, 15) is 4.79 Å². The maximum atomic E-state index is 10.9. The van der Waals surface area contributed by atoms with Crippen LogP contribution in [0.15, 0.2) is 52.2 Å². The molecule has 2 rings (SSSR count). The van der Waals surface area contributed by atoms with Crippen molar-refractivity contribution >= 4 is 11.7 Å². The van der Waals surface area contributed by atoms with Crippen LogP contribution in [0, 0.1) is 0 Å². The number of carbonyl (C=O) groups excluding carboxylic acids is 1. The molecule has 0 atom stereocenters. The van der Waals surface area contributed by atoms with Gasteiger partial charge in [-0.15, -0.1) is 0 Å². The van der Waals surface area contributed by atoms with Gasteiger partial charge in [0.2, 0.25) is 0 Å². The first-order valence-corrected chi connectivity index (χ1v) is 5.64. The van der Waals surface area contributed by atoms with Crippen LogP contribution in [0.2, 0.25) is 0 Å². The Hall–Kier alpha value is -2.56. The lowest BCUT2D eigenvalue weighted by molar-refractivity contribution is -0.140. The Balaban J connectivity index is 2.36. The second-order valence-electron chi connectivity index (χ2n) is 3.73. The lowest BCUT2D eigenvalue weighted by Gasteiger charge is -2.04. The molecule has 98 valence electrons. The second-order valence-corrected chi connectivity index (χ2v) is 3.73. The van der Waals surface area contributed by atoms with Gasteiger partial charge in [-0.25, -0.2) is 4.79 Å². The van der Waals surface area contributed by atoms with Gasteiger partial charge in [-0.2, -0.15) is 0 Å². The van der Waals surface area contributed by atoms with Crippen LogP contribution in [0.1, 0.15) is 18.2 Å². The van der Waals surface area contributed by atoms with E-state index >= 15 is 0 Å². The molecule has 0 fully saturated rings. The molecule has 0 unspecified atom stereocenters. The van der Waals surface area contributed by atoms with E-state index in [4.69, 9.17) is 14.0 Å². The molecule has 1 heterocycles. The molecule has 2 aromatic rings. The average molecular weight is 259 g/mol. The summed E-state index contributed by atoms with van der Waals surface area (Å²) in [7, 11) is 1.59. The lowest BCUT2D eigenvalue weighted by atomic mass is 10.1. The molecular formula is C14H13NO4. The molecule has 1 aromatic carbocycles. The fraction of sp³-hybridized carbons (Fsp3) is 0.143. The number of rotatable bonds is 4. The number of furan rings is 1. The number of hydrogen-bond acceptors (Lipinski definition) is 5. The van der Waals surface area contributed by atoms with Crippen molar-refractivity contribution in [1.29, 1.82) is 0 Å². The highest BCUT2D eigenvalue weighted by atomic mass is 16.7. The molecule has 0 aliphatic heterocycles. The summed E-state index contributed by atoms with van der Waals surface area (Å²) in [5.74, 6) is 0.763. The Labute approximate surface area is 110 Å². The first-order chi connectivity index (χ1) is 9.20. The lowest BCUT2D eigenvalue weighted by Crippen LogP contribution is -2.05. The number of hydrogen-bond donors (Lipinski definition) is 0. The number of ether oxygens (including phenoxy) is 1. The van der Waals surface area contributed by atoms with Crippen molar-refractivity contribution < 1.29 is 18.8 Å². The minimum Gasteiger partial charge on any atom is -0.497 e. The molecule has 19 heavy (non-hydrogen) atoms. The number of carbonyl (C=O) groups is 1. The maximum absolute atomic E-state index is 10.9. The van der Waals surface area contributed by atoms with E-state index in [-0.39, 0.29) is 0 Å². The van der Waals surface area contributed by atoms with Crippen LogP contribution in [-0.4, -0.2) is 18.8 Å². The van der Waals surface area contributed by atoms with E-state index < -0.39 is 5.97 Å². The third-order valence-electron chi connectivity index (χ3n) is 2.38. The summed E-state index contributed by atoms with van der Waals surface area (Å²) in [6.07, 6.45) is 1.53. The topological polar surface area (TPSA) is 61.0 Å². The molecular weight excluding hydrogens is 246 g/mol. The summed E-state index contributed by atoms with van der Waals surface area (Å²) in [4.78, 5) is 15.6. The van der Waals surface area contributed by atoms with E-state index in [1.165, 1.54) is 13.2 Å². The predicted molar refractivity (Wildman–Crippen MR) is 69.1 cm³/mol. The predicted octanol–water partition coefficient (Wildman–Crippen LogP) is 2.60. The number of oxime groups is 1. The van der Waals surface area contributed by atoms with Crippen molar-refractivity contribution in [2.24, 2.45) is 5.16 Å². The van der Waals surface area contributed by atoms with E-state index in [1.54, 1.807) is 31.4 Å². The largest absolute Gasteiger partial charge is 0.497 e. The first kappa shape index (κ1) is 12.9. The van der Waals surface area contributed by atoms with Gasteiger partial charge in [-0.05, 0) is 36.4 Å². The molecule has 0 saturated carbocycles. The first-order valence-electron chi connectivity index (χ1n) is 5.64. The minimum absolute atomic E-state index is 0.447. The molecule has 0 spiro atoms. The van der Waals surface area contributed by atoms with Crippen molar-refractivity contribution in [2.75, 3.05) is 7.11 Å². The van der Waals surface area contributed by atoms with Crippen LogP contribution in [0.5, 0.6) is 5.75 Å². The summed E-state index contributed by atoms with van der Waals surface area (Å²) in [6, 6.07) is 10.7. The van der Waals surface area contributed by atoms with Crippen LogP contribution in [0.3, 0.4) is 0 Å². The summed E-state index contributed by atoms with van der Waals surface area (Å²) in [5.41, 5.74) is 1.21. The summed E-state index contributed by atoms with van der Waals surface area (Å²) >= 11 is 0. The zero-order valence-corrected chi connectivity index (χ0v) is 10.6. The Kier molecular flexibility index (Phi) is 3.97. The van der Waals surface area contributed by atoms with Gasteiger partial charge in [0.25, 0.3) is 0 Å². The molecule has 5 nitrogen and oxygen atoms in total. The summed E-state index contributed by atoms with van der Waals surface area (Å²) < 4.78 is 10.4. The van der Waals surface area contributed by atoms with Crippen molar-refractivity contribution in [3.05, 3.63) is 54.0 Å². The quantitative estimate of drug-likeness (QED) is 0.481. The SMILES string of the molecule is COc1ccc(/C(=N/OC(C)=O)c2ccco2)cc1. The zero-order chi connectivity index (χ0) is 13.7. The van der Waals surface area contributed by atoms with Gasteiger partial charge in [0.1, 0.15) is 5.75 Å². The van der Waals surface area contributed by atoms with Crippen molar-refractivity contribution in [3.8, 4) is 5.75 Å². The van der Waals surface area contributed by atoms with Gasteiger partial charge in [-0.3, -0.25) is 0 Å². The molecule has 0 bridgehead atoms. The van der Waals surface area contributed by atoms with Gasteiger partial charge < -0.3 is 14.0 Å². The number of nitrogens with zero attached hydrogens (tertiary/aromatic N) is 1. The molecule has 0 amide bonds. The van der Waals surface area contributed by atoms with E-state index in [0.717, 1.165) is 11.3 Å². The van der Waals surface area contributed by atoms with Gasteiger partial charge in [-0.1, -0.05) is 5.16 Å². The van der Waals surface area contributed by atoms with Crippen LogP contribution < -0.4 is 4.74 Å². The fourth-order valence-corrected chi connectivity index (χ4v) is 1.51. The van der Waals surface area contributed by atoms with Gasteiger partial charge in [0.05, 0.1) is 13.4 Å². The van der Waals surface area contributed by atoms with Gasteiger partial charge >= 0.3 is 5.97 Å². The number of methoxy groups -OCH3 is 1. The fourth-order valence-electron chi connectivity index (χ4n) is 1.51. The number of benzene rings is 1. The molecule has 5 heteroatoms. The van der Waals surface area contributed by atoms with Crippen molar-refractivity contribution in [2.45, 2.75) is 6.92 Å². The summed E-state index contributed by atoms with van der Waals surface area (Å²) in [5, 5.41) is 3.82. The standard InChI is InChI=1S/C14H13NO4/c1-10(16)19-15-14(13-4-3-9-18-13)11-5-7-12(17-2)8-6-11/h3-9H,1-2H3/b15-14-. The van der Waals surface area contributed by atoms with Crippen molar-refractivity contribution in [3.63, 3.8) is 0 Å². The zero-order valence-electron chi connectivity index (χ0n) is 10.6. The third kappa shape index (κ3) is 3.22. The van der Waals surface area contributed by atoms with E-state index in [2.05, 4.69) is 5.16 Å². The normalized spacial score (nSPS) is 11.2. The monoisotopic (exact) mass is 259 g/mol. The molecule has 0 N–H and O–H groups in total. The van der Waals surface area contributed by atoms with Gasteiger partial charge in [0, 0.05) is 12.5 Å². The van der Waals surface area contributed by atoms with Crippen LogP contribution >= 0.6 is 0 Å². The smallest absolute Gasteiger partial charge is 0.332 e. The van der Waals surface area contributed by atoms with E-state index in [0.29, 0.717) is 11.5 Å².